The van der Waals surface area contributed by atoms with Crippen LogP contribution in [0.1, 0.15) is 0 Å². The topological polar surface area (TPSA) is 43.6 Å². The molecule has 2 aliphatic rings. The second-order valence-corrected chi connectivity index (χ2v) is 18.4. The van der Waals surface area contributed by atoms with E-state index in [1.54, 1.807) is 0 Å². The third kappa shape index (κ3) is 3.67. The lowest BCUT2D eigenvalue weighted by Crippen LogP contribution is -2.49. The van der Waals surface area contributed by atoms with Gasteiger partial charge in [-0.3, -0.25) is 4.57 Å². The number of benzene rings is 7. The van der Waals surface area contributed by atoms with Crippen LogP contribution >= 0.6 is 0 Å². The molecule has 7 aromatic carbocycles. The first-order chi connectivity index (χ1) is 24.6. The first kappa shape index (κ1) is 27.7. The van der Waals surface area contributed by atoms with Crippen molar-refractivity contribution in [2.45, 2.75) is 13.1 Å². The average Bonchev–Trinajstić information content (AvgIpc) is 3.58. The normalized spacial score (nSPS) is 13.6. The van der Waals surface area contributed by atoms with Crippen LogP contribution in [0.3, 0.4) is 0 Å². The molecule has 0 unspecified atom stereocenters. The van der Waals surface area contributed by atoms with E-state index >= 15 is 0 Å². The lowest BCUT2D eigenvalue weighted by atomic mass is 9.93. The quantitative estimate of drug-likeness (QED) is 0.178. The SMILES string of the molecule is C[Si]1(C)c2ccccc2-c2ccc(-c3nc(-c4ccccc4)nc(-n4c5cccc6c5c5c7c(cccc7ccc54)-c4ccccc4-6)n3)cc21. The van der Waals surface area contributed by atoms with Crippen LogP contribution in [0.15, 0.2) is 146 Å². The molecule has 0 bridgehead atoms. The fourth-order valence-corrected chi connectivity index (χ4v) is 11.8. The molecule has 3 heterocycles. The molecule has 11 rings (SSSR count). The molecule has 0 saturated heterocycles. The molecular weight excluding hydrogens is 625 g/mol. The van der Waals surface area contributed by atoms with Crippen molar-refractivity contribution in [1.82, 2.24) is 19.5 Å². The second kappa shape index (κ2) is 9.94. The van der Waals surface area contributed by atoms with E-state index in [0.717, 1.165) is 22.2 Å². The molecule has 50 heavy (non-hydrogen) atoms. The lowest BCUT2D eigenvalue weighted by molar-refractivity contribution is 0.954. The summed E-state index contributed by atoms with van der Waals surface area (Å²) in [4.78, 5) is 15.8. The number of hydrogen-bond donors (Lipinski definition) is 0. The highest BCUT2D eigenvalue weighted by Crippen LogP contribution is 2.49. The molecule has 234 valence electrons. The smallest absolute Gasteiger partial charge is 0.238 e. The molecule has 0 saturated carbocycles. The summed E-state index contributed by atoms with van der Waals surface area (Å²) >= 11 is 0. The van der Waals surface area contributed by atoms with E-state index in [1.165, 1.54) is 65.3 Å². The molecule has 0 spiro atoms. The predicted molar refractivity (Wildman–Crippen MR) is 209 cm³/mol. The average molecular weight is 655 g/mol. The van der Waals surface area contributed by atoms with Gasteiger partial charge in [0, 0.05) is 21.9 Å². The number of hydrogen-bond acceptors (Lipinski definition) is 3. The molecule has 0 N–H and O–H groups in total. The van der Waals surface area contributed by atoms with Crippen molar-refractivity contribution in [1.29, 1.82) is 0 Å². The van der Waals surface area contributed by atoms with Crippen molar-refractivity contribution in [3.05, 3.63) is 146 Å². The van der Waals surface area contributed by atoms with Gasteiger partial charge in [0.15, 0.2) is 11.6 Å². The van der Waals surface area contributed by atoms with Crippen LogP contribution in [-0.4, -0.2) is 27.6 Å². The van der Waals surface area contributed by atoms with Crippen LogP contribution in [0.5, 0.6) is 0 Å². The van der Waals surface area contributed by atoms with Gasteiger partial charge in [-0.25, -0.2) is 4.98 Å². The standard InChI is InChI=1S/C45H30N4Si/c1-50(2)38-21-9-8-17-32(38)33-24-22-29(26-39(33)50)44-46-43(28-12-4-3-5-13-28)47-45(48-44)49-36-20-11-19-35-31-16-7-6-15-30(31)34-18-10-14-27-23-25-37(49)42(40(27)34)41(35)36/h3-26H,1-2H3. The lowest BCUT2D eigenvalue weighted by Gasteiger charge is -2.19. The van der Waals surface area contributed by atoms with Crippen LogP contribution in [0.2, 0.25) is 13.1 Å². The zero-order chi connectivity index (χ0) is 33.1. The molecule has 0 atom stereocenters. The van der Waals surface area contributed by atoms with Crippen molar-refractivity contribution >= 4 is 51.0 Å². The van der Waals surface area contributed by atoms with Gasteiger partial charge in [0.05, 0.1) is 11.0 Å². The van der Waals surface area contributed by atoms with E-state index in [2.05, 4.69) is 145 Å². The van der Waals surface area contributed by atoms with E-state index < -0.39 is 8.07 Å². The van der Waals surface area contributed by atoms with Gasteiger partial charge in [0.1, 0.15) is 8.07 Å². The van der Waals surface area contributed by atoms with E-state index in [-0.39, 0.29) is 0 Å². The summed E-state index contributed by atoms with van der Waals surface area (Å²) in [7, 11) is -1.90. The van der Waals surface area contributed by atoms with Crippen LogP contribution in [-0.2, 0) is 0 Å². The predicted octanol–water partition coefficient (Wildman–Crippen LogP) is 9.91. The summed E-state index contributed by atoms with van der Waals surface area (Å²) in [5.41, 5.74) is 11.9. The summed E-state index contributed by atoms with van der Waals surface area (Å²) in [5, 5.41) is 7.90. The van der Waals surface area contributed by atoms with Gasteiger partial charge in [-0.2, -0.15) is 9.97 Å². The zero-order valence-electron chi connectivity index (χ0n) is 27.6. The Morgan fingerprint density at radius 1 is 0.420 bits per heavy atom. The zero-order valence-corrected chi connectivity index (χ0v) is 28.6. The van der Waals surface area contributed by atoms with Crippen LogP contribution in [0.25, 0.3) is 94.7 Å². The fraction of sp³-hybridized carbons (Fsp3) is 0.0444. The number of rotatable bonds is 3. The maximum atomic E-state index is 5.34. The van der Waals surface area contributed by atoms with Crippen molar-refractivity contribution in [2.75, 3.05) is 0 Å². The maximum absolute atomic E-state index is 5.34. The van der Waals surface area contributed by atoms with Crippen LogP contribution in [0, 0.1) is 0 Å². The molecule has 1 aliphatic carbocycles. The van der Waals surface area contributed by atoms with Gasteiger partial charge in [-0.15, -0.1) is 0 Å². The van der Waals surface area contributed by atoms with E-state index in [4.69, 9.17) is 15.0 Å². The highest BCUT2D eigenvalue weighted by molar-refractivity contribution is 7.03. The summed E-state index contributed by atoms with van der Waals surface area (Å²) in [6.45, 7) is 4.90. The second-order valence-electron chi connectivity index (χ2n) is 14.0. The molecule has 5 heteroatoms. The van der Waals surface area contributed by atoms with E-state index in [0.29, 0.717) is 17.6 Å². The Bertz CT molecular complexity index is 2900. The summed E-state index contributed by atoms with van der Waals surface area (Å²) in [6, 6.07) is 52.6. The molecule has 0 radical (unpaired) electrons. The highest BCUT2D eigenvalue weighted by Gasteiger charge is 2.37. The molecular formula is C45H30N4Si. The first-order valence-corrected chi connectivity index (χ1v) is 20.2. The van der Waals surface area contributed by atoms with Crippen LogP contribution in [0.4, 0.5) is 0 Å². The minimum absolute atomic E-state index is 0.622. The van der Waals surface area contributed by atoms with Gasteiger partial charge in [0.25, 0.3) is 0 Å². The summed E-state index contributed by atoms with van der Waals surface area (Å²) in [6.07, 6.45) is 0. The Morgan fingerprint density at radius 2 is 1.04 bits per heavy atom. The molecule has 0 amide bonds. The number of aromatic nitrogens is 4. The van der Waals surface area contributed by atoms with E-state index in [9.17, 15) is 0 Å². The van der Waals surface area contributed by atoms with Gasteiger partial charge < -0.3 is 0 Å². The largest absolute Gasteiger partial charge is 0.278 e. The van der Waals surface area contributed by atoms with E-state index in [1.807, 2.05) is 18.2 Å². The monoisotopic (exact) mass is 654 g/mol. The minimum atomic E-state index is -1.90. The Hall–Kier alpha value is -6.17. The number of fused-ring (bicyclic) bond motifs is 6. The van der Waals surface area contributed by atoms with Gasteiger partial charge >= 0.3 is 0 Å². The van der Waals surface area contributed by atoms with Gasteiger partial charge in [-0.05, 0) is 66.7 Å². The van der Waals surface area contributed by atoms with Gasteiger partial charge in [0.2, 0.25) is 5.95 Å². The molecule has 2 aromatic heterocycles. The third-order valence-corrected chi connectivity index (χ3v) is 14.5. The Labute approximate surface area is 290 Å². The first-order valence-electron chi connectivity index (χ1n) is 17.2. The molecule has 4 nitrogen and oxygen atoms in total. The molecule has 9 aromatic rings. The van der Waals surface area contributed by atoms with Crippen LogP contribution < -0.4 is 10.4 Å². The van der Waals surface area contributed by atoms with Crippen molar-refractivity contribution in [3.8, 4) is 62.1 Å². The Morgan fingerprint density at radius 3 is 1.84 bits per heavy atom. The third-order valence-electron chi connectivity index (χ3n) is 11.0. The minimum Gasteiger partial charge on any atom is -0.278 e. The van der Waals surface area contributed by atoms with Gasteiger partial charge in [-0.1, -0.05) is 147 Å². The number of nitrogens with zero attached hydrogens (tertiary/aromatic N) is 4. The molecule has 0 fully saturated rings. The van der Waals surface area contributed by atoms with Crippen molar-refractivity contribution in [2.24, 2.45) is 0 Å². The maximum Gasteiger partial charge on any atom is 0.238 e. The fourth-order valence-electron chi connectivity index (χ4n) is 8.70. The Kier molecular flexibility index (Phi) is 5.51. The Balaban J connectivity index is 1.22. The summed E-state index contributed by atoms with van der Waals surface area (Å²) in [5.74, 6) is 1.97. The highest BCUT2D eigenvalue weighted by atomic mass is 28.3. The van der Waals surface area contributed by atoms with Crippen molar-refractivity contribution < 1.29 is 0 Å². The van der Waals surface area contributed by atoms with Crippen molar-refractivity contribution in [3.63, 3.8) is 0 Å². The molecule has 1 aliphatic heterocycles. The summed E-state index contributed by atoms with van der Waals surface area (Å²) < 4.78 is 2.26.